The van der Waals surface area contributed by atoms with E-state index in [1.807, 2.05) is 6.07 Å². The molecule has 3 rings (SSSR count). The van der Waals surface area contributed by atoms with Crippen molar-refractivity contribution in [1.29, 1.82) is 0 Å². The largest absolute Gasteiger partial charge is 0.154 e. The molecular weight excluding hydrogens is 204 g/mol. The van der Waals surface area contributed by atoms with Gasteiger partial charge in [-0.25, -0.2) is 0 Å². The van der Waals surface area contributed by atoms with Gasteiger partial charge < -0.3 is 0 Å². The van der Waals surface area contributed by atoms with Gasteiger partial charge in [-0.2, -0.15) is 5.10 Å². The first-order valence-electron chi connectivity index (χ1n) is 5.15. The highest BCUT2D eigenvalue weighted by atomic mass is 32.2. The first kappa shape index (κ1) is 9.16. The van der Waals surface area contributed by atoms with E-state index in [1.165, 1.54) is 22.7 Å². The van der Waals surface area contributed by atoms with Crippen molar-refractivity contribution in [3.63, 3.8) is 0 Å². The van der Waals surface area contributed by atoms with Crippen LogP contribution in [0.15, 0.2) is 40.5 Å². The van der Waals surface area contributed by atoms with Gasteiger partial charge in [0.15, 0.2) is 0 Å². The Morgan fingerprint density at radius 1 is 1.13 bits per heavy atom. The third-order valence-electron chi connectivity index (χ3n) is 2.99. The molecule has 0 radical (unpaired) electrons. The zero-order chi connectivity index (χ0) is 10.3. The van der Waals surface area contributed by atoms with Gasteiger partial charge >= 0.3 is 0 Å². The lowest BCUT2D eigenvalue weighted by atomic mass is 10.0. The molecule has 2 atom stereocenters. The van der Waals surface area contributed by atoms with Gasteiger partial charge in [-0.05, 0) is 18.2 Å². The minimum absolute atomic E-state index is 0.632. The standard InChI is InChI=1S/C12H12N2S/c1-15-12-10-7-9(10)11(13-14-12)8-5-3-2-4-6-8/h2-6,9-10H,7H2,1H3. The Labute approximate surface area is 93.5 Å². The summed E-state index contributed by atoms with van der Waals surface area (Å²) in [6, 6.07) is 10.4. The summed E-state index contributed by atoms with van der Waals surface area (Å²) in [7, 11) is 0. The summed E-state index contributed by atoms with van der Waals surface area (Å²) in [5.74, 6) is 1.29. The number of hydrogen-bond acceptors (Lipinski definition) is 3. The Hall–Kier alpha value is -1.09. The van der Waals surface area contributed by atoms with Crippen molar-refractivity contribution in [2.45, 2.75) is 6.42 Å². The molecule has 3 heteroatoms. The quantitative estimate of drug-likeness (QED) is 0.708. The molecule has 0 bridgehead atoms. The normalized spacial score (nSPS) is 27.8. The van der Waals surface area contributed by atoms with Crippen LogP contribution in [-0.4, -0.2) is 17.0 Å². The van der Waals surface area contributed by atoms with Crippen LogP contribution in [0.5, 0.6) is 0 Å². The smallest absolute Gasteiger partial charge is 0.0994 e. The third kappa shape index (κ3) is 1.51. The van der Waals surface area contributed by atoms with E-state index in [4.69, 9.17) is 0 Å². The highest BCUT2D eigenvalue weighted by Crippen LogP contribution is 2.46. The van der Waals surface area contributed by atoms with Crippen LogP contribution >= 0.6 is 11.8 Å². The van der Waals surface area contributed by atoms with Crippen LogP contribution in [0.3, 0.4) is 0 Å². The van der Waals surface area contributed by atoms with Gasteiger partial charge in [-0.1, -0.05) is 30.3 Å². The van der Waals surface area contributed by atoms with E-state index in [-0.39, 0.29) is 0 Å². The van der Waals surface area contributed by atoms with Gasteiger partial charge in [0, 0.05) is 11.8 Å². The van der Waals surface area contributed by atoms with Gasteiger partial charge in [-0.3, -0.25) is 0 Å². The predicted molar refractivity (Wildman–Crippen MR) is 65.5 cm³/mol. The molecular formula is C12H12N2S. The molecule has 2 nitrogen and oxygen atoms in total. The van der Waals surface area contributed by atoms with Crippen molar-refractivity contribution in [2.75, 3.05) is 6.26 Å². The zero-order valence-corrected chi connectivity index (χ0v) is 9.37. The van der Waals surface area contributed by atoms with E-state index >= 15 is 0 Å². The molecule has 1 aromatic rings. The first-order valence-corrected chi connectivity index (χ1v) is 6.37. The van der Waals surface area contributed by atoms with Crippen molar-refractivity contribution in [3.8, 4) is 0 Å². The highest BCUT2D eigenvalue weighted by Gasteiger charge is 2.46. The van der Waals surface area contributed by atoms with E-state index in [2.05, 4.69) is 40.7 Å². The van der Waals surface area contributed by atoms with E-state index in [9.17, 15) is 0 Å². The Kier molecular flexibility index (Phi) is 2.13. The summed E-state index contributed by atoms with van der Waals surface area (Å²) in [6.07, 6.45) is 3.31. The van der Waals surface area contributed by atoms with Crippen LogP contribution in [0.1, 0.15) is 12.0 Å². The summed E-state index contributed by atoms with van der Waals surface area (Å²) in [6.45, 7) is 0. The minimum Gasteiger partial charge on any atom is -0.154 e. The van der Waals surface area contributed by atoms with Crippen LogP contribution in [0.25, 0.3) is 0 Å². The molecule has 1 fully saturated rings. The fraction of sp³-hybridized carbons (Fsp3) is 0.333. The first-order chi connectivity index (χ1) is 7.40. The maximum Gasteiger partial charge on any atom is 0.0994 e. The third-order valence-corrected chi connectivity index (χ3v) is 3.80. The average molecular weight is 216 g/mol. The van der Waals surface area contributed by atoms with Crippen molar-refractivity contribution in [2.24, 2.45) is 22.0 Å². The van der Waals surface area contributed by atoms with Crippen LogP contribution < -0.4 is 0 Å². The minimum atomic E-state index is 0.632. The van der Waals surface area contributed by atoms with Crippen molar-refractivity contribution in [3.05, 3.63) is 35.9 Å². The van der Waals surface area contributed by atoms with Gasteiger partial charge in [0.05, 0.1) is 10.8 Å². The van der Waals surface area contributed by atoms with Gasteiger partial charge in [0.1, 0.15) is 0 Å². The molecule has 1 saturated carbocycles. The monoisotopic (exact) mass is 216 g/mol. The van der Waals surface area contributed by atoms with E-state index < -0.39 is 0 Å². The topological polar surface area (TPSA) is 24.7 Å². The number of nitrogens with zero attached hydrogens (tertiary/aromatic N) is 2. The molecule has 0 N–H and O–H groups in total. The van der Waals surface area contributed by atoms with Crippen LogP contribution in [0.2, 0.25) is 0 Å². The summed E-state index contributed by atoms with van der Waals surface area (Å²) in [5.41, 5.74) is 2.41. The summed E-state index contributed by atoms with van der Waals surface area (Å²) >= 11 is 1.74. The maximum absolute atomic E-state index is 4.36. The second kappa shape index (κ2) is 3.49. The number of hydrogen-bond donors (Lipinski definition) is 0. The molecule has 1 aliphatic carbocycles. The Morgan fingerprint density at radius 3 is 2.67 bits per heavy atom. The highest BCUT2D eigenvalue weighted by molar-refractivity contribution is 8.13. The molecule has 0 aromatic heterocycles. The van der Waals surface area contributed by atoms with E-state index in [1.54, 1.807) is 11.8 Å². The molecule has 0 amide bonds. The summed E-state index contributed by atoms with van der Waals surface area (Å²) in [4.78, 5) is 0. The lowest BCUT2D eigenvalue weighted by molar-refractivity contribution is 1.02. The average Bonchev–Trinajstić information content (AvgIpc) is 3.08. The van der Waals surface area contributed by atoms with Crippen molar-refractivity contribution < 1.29 is 0 Å². The van der Waals surface area contributed by atoms with E-state index in [0.29, 0.717) is 11.8 Å². The maximum atomic E-state index is 4.36. The molecule has 2 aliphatic rings. The van der Waals surface area contributed by atoms with Gasteiger partial charge in [0.2, 0.25) is 0 Å². The molecule has 1 aliphatic heterocycles. The molecule has 15 heavy (non-hydrogen) atoms. The van der Waals surface area contributed by atoms with Crippen molar-refractivity contribution in [1.82, 2.24) is 0 Å². The Balaban J connectivity index is 1.96. The van der Waals surface area contributed by atoms with Gasteiger partial charge in [0.25, 0.3) is 0 Å². The summed E-state index contributed by atoms with van der Waals surface area (Å²) in [5, 5.41) is 9.86. The predicted octanol–water partition coefficient (Wildman–Crippen LogP) is 2.80. The van der Waals surface area contributed by atoms with Crippen molar-refractivity contribution >= 4 is 22.5 Å². The van der Waals surface area contributed by atoms with Crippen LogP contribution in [0.4, 0.5) is 0 Å². The lowest BCUT2D eigenvalue weighted by Crippen LogP contribution is -2.12. The molecule has 1 heterocycles. The second-order valence-electron chi connectivity index (χ2n) is 3.94. The van der Waals surface area contributed by atoms with E-state index in [0.717, 1.165) is 0 Å². The number of benzene rings is 1. The Bertz CT molecular complexity index is 436. The van der Waals surface area contributed by atoms with Crippen LogP contribution in [0, 0.1) is 11.8 Å². The fourth-order valence-electron chi connectivity index (χ4n) is 2.09. The SMILES string of the molecule is CSC1=NN=C(c2ccccc2)C2CC12. The lowest BCUT2D eigenvalue weighted by Gasteiger charge is -2.09. The van der Waals surface area contributed by atoms with Gasteiger partial charge in [-0.15, -0.1) is 16.9 Å². The Morgan fingerprint density at radius 2 is 1.93 bits per heavy atom. The molecule has 0 saturated heterocycles. The molecule has 76 valence electrons. The zero-order valence-electron chi connectivity index (χ0n) is 8.55. The molecule has 1 aromatic carbocycles. The fourth-order valence-corrected chi connectivity index (χ4v) is 2.78. The second-order valence-corrected chi connectivity index (χ2v) is 4.77. The number of rotatable bonds is 1. The molecule has 2 unspecified atom stereocenters. The number of fused-ring (bicyclic) bond motifs is 1. The van der Waals surface area contributed by atoms with Crippen LogP contribution in [-0.2, 0) is 0 Å². The summed E-state index contributed by atoms with van der Waals surface area (Å²) < 4.78 is 0. The number of thioether (sulfide) groups is 1. The molecule has 0 spiro atoms.